The second-order valence-electron chi connectivity index (χ2n) is 24.3. The number of nitrogens with zero attached hydrogens (tertiary/aromatic N) is 3. The van der Waals surface area contributed by atoms with Crippen LogP contribution in [0.5, 0.6) is 0 Å². The van der Waals surface area contributed by atoms with Crippen LogP contribution in [0.25, 0.3) is 124 Å². The highest BCUT2D eigenvalue weighted by atomic mass is 32.1. The van der Waals surface area contributed by atoms with Crippen LogP contribution in [0.4, 0.5) is 34.1 Å². The van der Waals surface area contributed by atoms with Crippen LogP contribution < -0.4 is 9.80 Å². The van der Waals surface area contributed by atoms with E-state index in [-0.39, 0.29) is 5.41 Å². The van der Waals surface area contributed by atoms with E-state index >= 15 is 0 Å². The average molecular weight is 1140 g/mol. The summed E-state index contributed by atoms with van der Waals surface area (Å²) in [6, 6.07) is 107. The summed E-state index contributed by atoms with van der Waals surface area (Å²) in [4.78, 5) is 4.89. The molecule has 88 heavy (non-hydrogen) atoms. The van der Waals surface area contributed by atoms with Crippen molar-refractivity contribution in [2.24, 2.45) is 0 Å². The second-order valence-corrected chi connectivity index (χ2v) is 25.3. The predicted molar refractivity (Wildman–Crippen MR) is 379 cm³/mol. The van der Waals surface area contributed by atoms with Crippen molar-refractivity contribution in [1.82, 2.24) is 4.40 Å². The van der Waals surface area contributed by atoms with Crippen molar-refractivity contribution in [3.05, 3.63) is 309 Å². The molecule has 0 aliphatic carbocycles. The summed E-state index contributed by atoms with van der Waals surface area (Å²) in [5, 5.41) is 12.3. The third-order valence-electron chi connectivity index (χ3n) is 18.1. The molecule has 17 aromatic rings. The number of anilines is 6. The molecule has 0 N–H and O–H groups in total. The minimum absolute atomic E-state index is 0.0936. The number of para-hydroxylation sites is 2. The van der Waals surface area contributed by atoms with Gasteiger partial charge >= 0.3 is 0 Å². The highest BCUT2D eigenvalue weighted by Gasteiger charge is 2.27. The Hall–Kier alpha value is -10.8. The summed E-state index contributed by atoms with van der Waals surface area (Å²) in [7, 11) is 0. The largest absolute Gasteiger partial charge is 0.310 e. The molecule has 17 rings (SSSR count). The van der Waals surface area contributed by atoms with Crippen molar-refractivity contribution in [3.63, 3.8) is 0 Å². The molecular formula is C84H59N3S. The van der Waals surface area contributed by atoms with E-state index in [1.54, 1.807) is 0 Å². The Morgan fingerprint density at radius 3 is 1.51 bits per heavy atom. The molecule has 0 fully saturated rings. The van der Waals surface area contributed by atoms with Crippen LogP contribution in [-0.2, 0) is 5.41 Å². The molecule has 0 bridgehead atoms. The van der Waals surface area contributed by atoms with Crippen molar-refractivity contribution in [2.75, 3.05) is 9.80 Å². The molecule has 0 aliphatic heterocycles. The molecule has 0 unspecified atom stereocenters. The number of fused-ring (bicyclic) bond motifs is 13. The van der Waals surface area contributed by atoms with Crippen molar-refractivity contribution >= 4 is 125 Å². The van der Waals surface area contributed by atoms with E-state index in [1.165, 1.54) is 74.5 Å². The van der Waals surface area contributed by atoms with Crippen LogP contribution in [0.15, 0.2) is 303 Å². The van der Waals surface area contributed by atoms with E-state index in [9.17, 15) is 0 Å². The summed E-state index contributed by atoms with van der Waals surface area (Å²) in [5.74, 6) is 0. The highest BCUT2D eigenvalue weighted by Crippen LogP contribution is 2.52. The quantitative estimate of drug-likeness (QED) is 0.135. The van der Waals surface area contributed by atoms with E-state index in [0.717, 1.165) is 89.5 Å². The maximum absolute atomic E-state index is 8.40. The van der Waals surface area contributed by atoms with Crippen molar-refractivity contribution < 1.29 is 2.74 Å². The Kier molecular flexibility index (Phi) is 11.5. The molecular weight excluding hydrogens is 1080 g/mol. The molecule has 0 aliphatic rings. The number of hydrogen-bond acceptors (Lipinski definition) is 3. The Morgan fingerprint density at radius 1 is 0.341 bits per heavy atom. The molecule has 4 heteroatoms. The van der Waals surface area contributed by atoms with Crippen LogP contribution in [0, 0.1) is 0 Å². The molecule has 0 atom stereocenters. The zero-order valence-corrected chi connectivity index (χ0v) is 49.8. The average Bonchev–Trinajstić information content (AvgIpc) is 1.57. The molecule has 3 nitrogen and oxygen atoms in total. The third-order valence-corrected chi connectivity index (χ3v) is 19.3. The Labute approximate surface area is 518 Å². The molecule has 0 saturated carbocycles. The maximum Gasteiger partial charge on any atom is 0.0623 e. The lowest BCUT2D eigenvalue weighted by molar-refractivity contribution is 0.592. The first-order valence-electron chi connectivity index (χ1n) is 31.3. The molecule has 14 aromatic carbocycles. The Balaban J connectivity index is 0.910. The second kappa shape index (κ2) is 20.4. The number of hydrogen-bond donors (Lipinski definition) is 0. The van der Waals surface area contributed by atoms with Gasteiger partial charge < -0.3 is 14.2 Å². The van der Waals surface area contributed by atoms with Crippen molar-refractivity contribution in [2.45, 2.75) is 26.2 Å². The number of rotatable bonds is 10. The van der Waals surface area contributed by atoms with Crippen LogP contribution in [0.2, 0.25) is 0 Å². The first kappa shape index (κ1) is 49.5. The van der Waals surface area contributed by atoms with Crippen LogP contribution >= 0.6 is 11.3 Å². The van der Waals surface area contributed by atoms with E-state index in [0.29, 0.717) is 12.1 Å². The van der Waals surface area contributed by atoms with E-state index in [1.807, 2.05) is 47.7 Å². The lowest BCUT2D eigenvalue weighted by Gasteiger charge is -2.29. The number of aromatic nitrogens is 1. The third kappa shape index (κ3) is 8.39. The molecule has 416 valence electrons. The van der Waals surface area contributed by atoms with Gasteiger partial charge in [0.2, 0.25) is 0 Å². The fourth-order valence-corrected chi connectivity index (χ4v) is 15.2. The molecule has 3 heterocycles. The lowest BCUT2D eigenvalue weighted by atomic mass is 9.85. The monoisotopic (exact) mass is 1140 g/mol. The SMILES string of the molecule is [2H]c1ccc(-c2cccc(N(c3ccc4c5cc(C(C)(C)C)cc6c7cc8ccc9c(sc%10cc(N(c%11cccc(-c%12ccccc%12)c%11)c%11ccccc%11-c%11ccc([2H])cc%11)c%11ccccc%11c%109)c8cc7n(c4c3)c56)c3ccccc3-c3ccccc3)c2)cc1. The highest BCUT2D eigenvalue weighted by molar-refractivity contribution is 7.27. The molecule has 0 amide bonds. The van der Waals surface area contributed by atoms with Gasteiger partial charge in [-0.15, -0.1) is 11.3 Å². The van der Waals surface area contributed by atoms with Crippen LogP contribution in [0.1, 0.15) is 29.1 Å². The normalized spacial score (nSPS) is 12.4. The molecule has 0 saturated heterocycles. The fraction of sp³-hybridized carbons (Fsp3) is 0.0476. The van der Waals surface area contributed by atoms with Crippen LogP contribution in [0.3, 0.4) is 0 Å². The minimum atomic E-state index is -0.0936. The minimum Gasteiger partial charge on any atom is -0.310 e. The maximum atomic E-state index is 8.40. The van der Waals surface area contributed by atoms with Gasteiger partial charge in [-0.3, -0.25) is 0 Å². The summed E-state index contributed by atoms with van der Waals surface area (Å²) in [6.45, 7) is 6.99. The summed E-state index contributed by atoms with van der Waals surface area (Å²) < 4.78 is 21.7. The first-order valence-corrected chi connectivity index (χ1v) is 31.1. The van der Waals surface area contributed by atoms with Gasteiger partial charge in [0, 0.05) is 80.7 Å². The van der Waals surface area contributed by atoms with Gasteiger partial charge in [0.25, 0.3) is 0 Å². The first-order chi connectivity index (χ1) is 44.1. The Morgan fingerprint density at radius 2 is 0.852 bits per heavy atom. The van der Waals surface area contributed by atoms with Gasteiger partial charge in [0.15, 0.2) is 0 Å². The van der Waals surface area contributed by atoms with Crippen molar-refractivity contribution in [3.8, 4) is 44.5 Å². The summed E-state index contributed by atoms with van der Waals surface area (Å²) in [5.41, 5.74) is 20.1. The van der Waals surface area contributed by atoms with E-state index in [2.05, 4.69) is 290 Å². The standard InChI is InChI=1S/C84H59N3S/c1-84(2,3)61-49-73-68-45-43-64(85(62-34-22-32-58(46-62)54-24-8-4-9-25-54)75-40-20-18-36-65(75)56-28-12-6-13-29-56)51-77(68)87-78-52-71-60(48-72(78)74(50-61)82(73)87)42-44-70-81-69-39-17-16-38-67(69)79(53-80(81)88-83(70)71)86(63-35-23-33-59(47-63)55-26-10-5-11-27-55)76-41-21-19-37-66(76)57-30-14-7-15-31-57/h4-53H,1-3H3/i4D,7D. The fourth-order valence-electron chi connectivity index (χ4n) is 13.9. The van der Waals surface area contributed by atoms with Crippen LogP contribution in [-0.4, -0.2) is 4.40 Å². The van der Waals surface area contributed by atoms with Gasteiger partial charge in [-0.2, -0.15) is 0 Å². The lowest BCUT2D eigenvalue weighted by Crippen LogP contribution is -2.12. The molecule has 0 spiro atoms. The van der Waals surface area contributed by atoms with Gasteiger partial charge in [-0.05, 0) is 134 Å². The topological polar surface area (TPSA) is 10.9 Å². The van der Waals surface area contributed by atoms with Gasteiger partial charge in [0.1, 0.15) is 0 Å². The molecule has 3 aromatic heterocycles. The predicted octanol–water partition coefficient (Wildman–Crippen LogP) is 24.4. The summed E-state index contributed by atoms with van der Waals surface area (Å²) in [6.07, 6.45) is 0. The number of thiophene rings is 1. The smallest absolute Gasteiger partial charge is 0.0623 e. The van der Waals surface area contributed by atoms with E-state index in [4.69, 9.17) is 2.74 Å². The van der Waals surface area contributed by atoms with Gasteiger partial charge in [-0.1, -0.05) is 245 Å². The number of benzene rings is 14. The molecule has 0 radical (unpaired) electrons. The van der Waals surface area contributed by atoms with Crippen molar-refractivity contribution in [1.29, 1.82) is 0 Å². The Bertz CT molecular complexity index is 5670. The zero-order valence-electron chi connectivity index (χ0n) is 51.0. The van der Waals surface area contributed by atoms with E-state index < -0.39 is 0 Å². The zero-order chi connectivity index (χ0) is 60.4. The van der Waals surface area contributed by atoms with Gasteiger partial charge in [-0.25, -0.2) is 0 Å². The summed E-state index contributed by atoms with van der Waals surface area (Å²) >= 11 is 1.89. The van der Waals surface area contributed by atoms with Gasteiger partial charge in [0.05, 0.1) is 36.4 Å².